The van der Waals surface area contributed by atoms with E-state index in [1.807, 2.05) is 97.1 Å². The number of ether oxygens (including phenoxy) is 2. The highest BCUT2D eigenvalue weighted by molar-refractivity contribution is 9.10. The quantitative estimate of drug-likeness (QED) is 0.268. The van der Waals surface area contributed by atoms with Gasteiger partial charge in [-0.1, -0.05) is 57.9 Å². The van der Waals surface area contributed by atoms with Crippen LogP contribution in [0.3, 0.4) is 0 Å². The van der Waals surface area contributed by atoms with Crippen molar-refractivity contribution in [3.63, 3.8) is 0 Å². The van der Waals surface area contributed by atoms with Crippen LogP contribution in [-0.2, 0) is 13.2 Å². The van der Waals surface area contributed by atoms with Crippen molar-refractivity contribution >= 4 is 33.2 Å². The zero-order valence-corrected chi connectivity index (χ0v) is 19.1. The van der Waals surface area contributed by atoms with Gasteiger partial charge in [-0.15, -0.1) is 0 Å². The molecular weight excluding hydrogens is 474 g/mol. The summed E-state index contributed by atoms with van der Waals surface area (Å²) in [4.78, 5) is 0. The first-order valence-corrected chi connectivity index (χ1v) is 11.1. The van der Waals surface area contributed by atoms with Crippen LogP contribution in [0.5, 0.6) is 17.2 Å². The predicted molar refractivity (Wildman–Crippen MR) is 130 cm³/mol. The third-order valence-corrected chi connectivity index (χ3v) is 5.41. The van der Waals surface area contributed by atoms with Gasteiger partial charge in [0.15, 0.2) is 0 Å². The summed E-state index contributed by atoms with van der Waals surface area (Å²) >= 11 is 9.68. The number of halogens is 2. The smallest absolute Gasteiger partial charge is 0.127 e. The van der Waals surface area contributed by atoms with Gasteiger partial charge in [-0.25, -0.2) is 0 Å². The highest BCUT2D eigenvalue weighted by Gasteiger charge is 2.07. The van der Waals surface area contributed by atoms with Crippen molar-refractivity contribution in [2.45, 2.75) is 13.2 Å². The molecule has 0 radical (unpaired) electrons. The molecule has 0 atom stereocenters. The van der Waals surface area contributed by atoms with Gasteiger partial charge in [0.25, 0.3) is 0 Å². The van der Waals surface area contributed by atoms with E-state index in [4.69, 9.17) is 21.1 Å². The highest BCUT2D eigenvalue weighted by Crippen LogP contribution is 2.27. The van der Waals surface area contributed by atoms with Gasteiger partial charge >= 0.3 is 0 Å². The fourth-order valence-electron chi connectivity index (χ4n) is 3.03. The average Bonchev–Trinajstić information content (AvgIpc) is 2.80. The third kappa shape index (κ3) is 6.27. The van der Waals surface area contributed by atoms with Gasteiger partial charge in [-0.3, -0.25) is 0 Å². The van der Waals surface area contributed by atoms with Crippen molar-refractivity contribution in [1.82, 2.24) is 0 Å². The SMILES string of the molecule is Clc1ccc(OCc2ccc(Br)cc2)c(CNc2ccc(Oc3ccccc3)cc2)c1. The Hall–Kier alpha value is -2.95. The summed E-state index contributed by atoms with van der Waals surface area (Å²) < 4.78 is 13.0. The maximum atomic E-state index is 6.23. The fraction of sp³-hybridized carbons (Fsp3) is 0.0769. The van der Waals surface area contributed by atoms with E-state index in [0.29, 0.717) is 18.2 Å². The minimum Gasteiger partial charge on any atom is -0.489 e. The van der Waals surface area contributed by atoms with E-state index in [9.17, 15) is 0 Å². The molecule has 4 rings (SSSR count). The molecule has 0 amide bonds. The van der Waals surface area contributed by atoms with E-state index in [1.54, 1.807) is 0 Å². The molecule has 0 fully saturated rings. The van der Waals surface area contributed by atoms with Crippen LogP contribution in [0.25, 0.3) is 0 Å². The second-order valence-corrected chi connectivity index (χ2v) is 8.31. The van der Waals surface area contributed by atoms with Crippen molar-refractivity contribution in [3.05, 3.63) is 118 Å². The molecule has 0 spiro atoms. The normalized spacial score (nSPS) is 10.5. The van der Waals surface area contributed by atoms with Crippen LogP contribution in [0.4, 0.5) is 5.69 Å². The number of anilines is 1. The molecule has 0 unspecified atom stereocenters. The monoisotopic (exact) mass is 493 g/mol. The van der Waals surface area contributed by atoms with Crippen LogP contribution >= 0.6 is 27.5 Å². The van der Waals surface area contributed by atoms with Crippen molar-refractivity contribution in [3.8, 4) is 17.2 Å². The Morgan fingerprint density at radius 3 is 2.23 bits per heavy atom. The number of nitrogens with one attached hydrogen (secondary N) is 1. The molecule has 1 N–H and O–H groups in total. The lowest BCUT2D eigenvalue weighted by Crippen LogP contribution is -2.04. The van der Waals surface area contributed by atoms with Gasteiger partial charge < -0.3 is 14.8 Å². The molecule has 0 aliphatic carbocycles. The Bertz CT molecular complexity index is 1120. The Kier molecular flexibility index (Phi) is 7.13. The fourth-order valence-corrected chi connectivity index (χ4v) is 3.49. The largest absolute Gasteiger partial charge is 0.489 e. The number of rotatable bonds is 8. The second-order valence-electron chi connectivity index (χ2n) is 6.96. The molecule has 4 aromatic rings. The molecule has 0 aromatic heterocycles. The molecule has 0 saturated carbocycles. The van der Waals surface area contributed by atoms with Crippen LogP contribution < -0.4 is 14.8 Å². The van der Waals surface area contributed by atoms with Gasteiger partial charge in [0.1, 0.15) is 23.9 Å². The number of hydrogen-bond acceptors (Lipinski definition) is 3. The lowest BCUT2D eigenvalue weighted by Gasteiger charge is -2.14. The van der Waals surface area contributed by atoms with Crippen LogP contribution in [0.2, 0.25) is 5.02 Å². The minimum atomic E-state index is 0.493. The molecule has 0 saturated heterocycles. The van der Waals surface area contributed by atoms with E-state index in [-0.39, 0.29) is 0 Å². The van der Waals surface area contributed by atoms with Crippen LogP contribution in [0, 0.1) is 0 Å². The summed E-state index contributed by atoms with van der Waals surface area (Å²) in [5, 5.41) is 4.10. The predicted octanol–water partition coefficient (Wildman–Crippen LogP) is 8.09. The van der Waals surface area contributed by atoms with Gasteiger partial charge in [0, 0.05) is 27.3 Å². The molecule has 4 aromatic carbocycles. The van der Waals surface area contributed by atoms with Crippen molar-refractivity contribution in [2.24, 2.45) is 0 Å². The van der Waals surface area contributed by atoms with Crippen LogP contribution in [0.15, 0.2) is 102 Å². The van der Waals surface area contributed by atoms with Crippen molar-refractivity contribution < 1.29 is 9.47 Å². The Morgan fingerprint density at radius 2 is 1.48 bits per heavy atom. The Balaban J connectivity index is 1.38. The number of benzene rings is 4. The first-order valence-electron chi connectivity index (χ1n) is 9.88. The first-order chi connectivity index (χ1) is 15.2. The summed E-state index contributed by atoms with van der Waals surface area (Å²) in [5.41, 5.74) is 3.08. The molecule has 0 aliphatic rings. The molecule has 5 heteroatoms. The van der Waals surface area contributed by atoms with Crippen LogP contribution in [-0.4, -0.2) is 0 Å². The summed E-state index contributed by atoms with van der Waals surface area (Å²) in [6.07, 6.45) is 0. The molecule has 0 aliphatic heterocycles. The molecular formula is C26H21BrClNO2. The second kappa shape index (κ2) is 10.4. The van der Waals surface area contributed by atoms with Crippen molar-refractivity contribution in [2.75, 3.05) is 5.32 Å². The topological polar surface area (TPSA) is 30.5 Å². The zero-order chi connectivity index (χ0) is 21.5. The van der Waals surface area contributed by atoms with E-state index in [1.165, 1.54) is 0 Å². The average molecular weight is 495 g/mol. The Morgan fingerprint density at radius 1 is 0.774 bits per heavy atom. The van der Waals surface area contributed by atoms with Gasteiger partial charge in [-0.2, -0.15) is 0 Å². The van der Waals surface area contributed by atoms with Gasteiger partial charge in [-0.05, 0) is 72.3 Å². The van der Waals surface area contributed by atoms with Crippen molar-refractivity contribution in [1.29, 1.82) is 0 Å². The van der Waals surface area contributed by atoms with Crippen LogP contribution in [0.1, 0.15) is 11.1 Å². The highest BCUT2D eigenvalue weighted by atomic mass is 79.9. The summed E-state index contributed by atoms with van der Waals surface area (Å²) in [7, 11) is 0. The maximum absolute atomic E-state index is 6.23. The third-order valence-electron chi connectivity index (χ3n) is 4.65. The maximum Gasteiger partial charge on any atom is 0.127 e. The molecule has 0 heterocycles. The molecule has 156 valence electrons. The van der Waals surface area contributed by atoms with E-state index in [0.717, 1.165) is 38.5 Å². The van der Waals surface area contributed by atoms with E-state index in [2.05, 4.69) is 21.2 Å². The number of hydrogen-bond donors (Lipinski definition) is 1. The molecule has 0 bridgehead atoms. The minimum absolute atomic E-state index is 0.493. The first kappa shape index (κ1) is 21.3. The summed E-state index contributed by atoms with van der Waals surface area (Å²) in [5.74, 6) is 2.41. The lowest BCUT2D eigenvalue weighted by atomic mass is 10.2. The van der Waals surface area contributed by atoms with Gasteiger partial charge in [0.2, 0.25) is 0 Å². The zero-order valence-electron chi connectivity index (χ0n) is 16.7. The Labute approximate surface area is 195 Å². The summed E-state index contributed by atoms with van der Waals surface area (Å²) in [6.45, 7) is 1.09. The molecule has 31 heavy (non-hydrogen) atoms. The summed E-state index contributed by atoms with van der Waals surface area (Å²) in [6, 6.07) is 31.4. The van der Waals surface area contributed by atoms with Gasteiger partial charge in [0.05, 0.1) is 0 Å². The number of para-hydroxylation sites is 1. The molecule has 3 nitrogen and oxygen atoms in total. The standard InChI is InChI=1S/C26H21BrClNO2/c27-21-8-6-19(7-9-21)18-30-26-15-10-22(28)16-20(26)17-29-23-11-13-25(14-12-23)31-24-4-2-1-3-5-24/h1-16,29H,17-18H2. The lowest BCUT2D eigenvalue weighted by molar-refractivity contribution is 0.303. The van der Waals surface area contributed by atoms with E-state index >= 15 is 0 Å². The van der Waals surface area contributed by atoms with E-state index < -0.39 is 0 Å².